The third-order valence-corrected chi connectivity index (χ3v) is 2.16. The van der Waals surface area contributed by atoms with E-state index in [0.717, 1.165) is 5.00 Å². The number of hydrazine groups is 1. The fourth-order valence-corrected chi connectivity index (χ4v) is 1.40. The highest BCUT2D eigenvalue weighted by Gasteiger charge is 2.07. The van der Waals surface area contributed by atoms with E-state index in [1.54, 1.807) is 5.01 Å². The first-order valence-corrected chi connectivity index (χ1v) is 4.15. The number of nitrogens with two attached hydrogens (primary N) is 1. The van der Waals surface area contributed by atoms with Crippen LogP contribution >= 0.6 is 11.5 Å². The SMILES string of the molecule is CC(C)N(N)c1cc(=O)[nH]s1. The highest BCUT2D eigenvalue weighted by Crippen LogP contribution is 2.14. The van der Waals surface area contributed by atoms with Crippen molar-refractivity contribution < 1.29 is 0 Å². The number of hydrogen-bond acceptors (Lipinski definition) is 4. The molecule has 0 saturated heterocycles. The molecule has 0 aromatic carbocycles. The first-order valence-electron chi connectivity index (χ1n) is 3.33. The maximum absolute atomic E-state index is 10.7. The summed E-state index contributed by atoms with van der Waals surface area (Å²) in [4.78, 5) is 10.7. The van der Waals surface area contributed by atoms with Gasteiger partial charge in [-0.15, -0.1) is 0 Å². The number of nitrogens with one attached hydrogen (secondary N) is 1. The molecule has 1 rings (SSSR count). The van der Waals surface area contributed by atoms with E-state index in [1.807, 2.05) is 13.8 Å². The van der Waals surface area contributed by atoms with Gasteiger partial charge in [-0.3, -0.25) is 14.2 Å². The van der Waals surface area contributed by atoms with Crippen molar-refractivity contribution in [3.63, 3.8) is 0 Å². The second-order valence-corrected chi connectivity index (χ2v) is 3.38. The van der Waals surface area contributed by atoms with Gasteiger partial charge in [0, 0.05) is 12.1 Å². The summed E-state index contributed by atoms with van der Waals surface area (Å²) in [5.74, 6) is 5.64. The number of nitrogens with zero attached hydrogens (tertiary/aromatic N) is 1. The molecule has 0 spiro atoms. The van der Waals surface area contributed by atoms with Crippen LogP contribution in [0.1, 0.15) is 13.8 Å². The monoisotopic (exact) mass is 173 g/mol. The van der Waals surface area contributed by atoms with Crippen molar-refractivity contribution in [1.29, 1.82) is 0 Å². The molecule has 0 radical (unpaired) electrons. The van der Waals surface area contributed by atoms with Crippen molar-refractivity contribution >= 4 is 16.5 Å². The average molecular weight is 173 g/mol. The van der Waals surface area contributed by atoms with Crippen LogP contribution in [0.15, 0.2) is 10.9 Å². The van der Waals surface area contributed by atoms with Crippen LogP contribution in [0.4, 0.5) is 5.00 Å². The minimum atomic E-state index is -0.0962. The van der Waals surface area contributed by atoms with Crippen molar-refractivity contribution in [2.45, 2.75) is 19.9 Å². The lowest BCUT2D eigenvalue weighted by molar-refractivity contribution is 0.717. The quantitative estimate of drug-likeness (QED) is 0.506. The maximum Gasteiger partial charge on any atom is 0.260 e. The van der Waals surface area contributed by atoms with Crippen LogP contribution in [0.3, 0.4) is 0 Å². The normalized spacial score (nSPS) is 10.5. The Labute approximate surface area is 68.8 Å². The molecule has 11 heavy (non-hydrogen) atoms. The molecule has 0 atom stereocenters. The Balaban J connectivity index is 2.84. The molecule has 5 heteroatoms. The Bertz CT molecular complexity index is 277. The highest BCUT2D eigenvalue weighted by molar-refractivity contribution is 7.10. The molecule has 0 saturated carbocycles. The Morgan fingerprint density at radius 3 is 2.73 bits per heavy atom. The average Bonchev–Trinajstić information content (AvgIpc) is 2.34. The lowest BCUT2D eigenvalue weighted by Crippen LogP contribution is -2.36. The van der Waals surface area contributed by atoms with E-state index in [-0.39, 0.29) is 11.6 Å². The van der Waals surface area contributed by atoms with Crippen molar-refractivity contribution in [2.24, 2.45) is 5.84 Å². The van der Waals surface area contributed by atoms with Gasteiger partial charge in [0.2, 0.25) is 0 Å². The fourth-order valence-electron chi connectivity index (χ4n) is 0.655. The van der Waals surface area contributed by atoms with Gasteiger partial charge in [-0.2, -0.15) is 0 Å². The Morgan fingerprint density at radius 1 is 1.73 bits per heavy atom. The molecule has 0 aliphatic rings. The van der Waals surface area contributed by atoms with Crippen LogP contribution in [0, 0.1) is 0 Å². The predicted molar refractivity (Wildman–Crippen MR) is 46.7 cm³/mol. The Hall–Kier alpha value is -0.810. The number of H-pyrrole nitrogens is 1. The molecule has 4 nitrogen and oxygen atoms in total. The third kappa shape index (κ3) is 1.81. The zero-order valence-corrected chi connectivity index (χ0v) is 7.31. The summed E-state index contributed by atoms with van der Waals surface area (Å²) >= 11 is 1.25. The van der Waals surface area contributed by atoms with Gasteiger partial charge in [0.1, 0.15) is 5.00 Å². The van der Waals surface area contributed by atoms with Gasteiger partial charge in [0.05, 0.1) is 0 Å². The van der Waals surface area contributed by atoms with E-state index in [4.69, 9.17) is 5.84 Å². The largest absolute Gasteiger partial charge is 0.298 e. The van der Waals surface area contributed by atoms with E-state index >= 15 is 0 Å². The molecule has 0 amide bonds. The number of hydrogen-bond donors (Lipinski definition) is 2. The van der Waals surface area contributed by atoms with Gasteiger partial charge in [0.25, 0.3) is 5.56 Å². The summed E-state index contributed by atoms with van der Waals surface area (Å²) < 4.78 is 2.57. The van der Waals surface area contributed by atoms with E-state index in [0.29, 0.717) is 0 Å². The van der Waals surface area contributed by atoms with E-state index < -0.39 is 0 Å². The highest BCUT2D eigenvalue weighted by atomic mass is 32.1. The van der Waals surface area contributed by atoms with E-state index in [1.165, 1.54) is 17.6 Å². The summed E-state index contributed by atoms with van der Waals surface area (Å²) in [6, 6.07) is 1.70. The number of aromatic nitrogens is 1. The van der Waals surface area contributed by atoms with Crippen molar-refractivity contribution in [2.75, 3.05) is 5.01 Å². The predicted octanol–water partition coefficient (Wildman–Crippen LogP) is 0.525. The zero-order chi connectivity index (χ0) is 8.43. The first kappa shape index (κ1) is 8.29. The van der Waals surface area contributed by atoms with Crippen LogP contribution in [0.5, 0.6) is 0 Å². The molecule has 1 heterocycles. The first-order chi connectivity index (χ1) is 5.11. The number of rotatable bonds is 2. The van der Waals surface area contributed by atoms with Crippen LogP contribution in [0.2, 0.25) is 0 Å². The van der Waals surface area contributed by atoms with Crippen LogP contribution < -0.4 is 16.4 Å². The molecule has 1 aromatic heterocycles. The van der Waals surface area contributed by atoms with E-state index in [9.17, 15) is 4.79 Å². The van der Waals surface area contributed by atoms with Gasteiger partial charge in [0.15, 0.2) is 0 Å². The van der Waals surface area contributed by atoms with Crippen molar-refractivity contribution in [3.8, 4) is 0 Å². The smallest absolute Gasteiger partial charge is 0.260 e. The standard InChI is InChI=1S/C6H11N3OS/c1-4(2)9(7)6-3-5(10)8-11-6/h3-4H,7H2,1-2H3,(H,8,10). The molecule has 0 bridgehead atoms. The maximum atomic E-state index is 10.7. The summed E-state index contributed by atoms with van der Waals surface area (Å²) in [5, 5.41) is 2.33. The van der Waals surface area contributed by atoms with Crippen molar-refractivity contribution in [3.05, 3.63) is 16.4 Å². The van der Waals surface area contributed by atoms with Gasteiger partial charge in [-0.1, -0.05) is 0 Å². The van der Waals surface area contributed by atoms with Gasteiger partial charge in [-0.25, -0.2) is 5.84 Å². The summed E-state index contributed by atoms with van der Waals surface area (Å²) in [7, 11) is 0. The molecule has 0 unspecified atom stereocenters. The molecular formula is C6H11N3OS. The second kappa shape index (κ2) is 3.06. The minimum absolute atomic E-state index is 0.0962. The molecule has 0 aliphatic heterocycles. The minimum Gasteiger partial charge on any atom is -0.298 e. The van der Waals surface area contributed by atoms with Gasteiger partial charge < -0.3 is 0 Å². The molecule has 0 fully saturated rings. The lowest BCUT2D eigenvalue weighted by Gasteiger charge is -2.19. The summed E-state index contributed by atoms with van der Waals surface area (Å²) in [5.41, 5.74) is -0.0962. The van der Waals surface area contributed by atoms with E-state index in [2.05, 4.69) is 4.37 Å². The summed E-state index contributed by atoms with van der Waals surface area (Å²) in [6.07, 6.45) is 0. The van der Waals surface area contributed by atoms with Crippen molar-refractivity contribution in [1.82, 2.24) is 4.37 Å². The molecule has 1 aromatic rings. The lowest BCUT2D eigenvalue weighted by atomic mass is 10.4. The second-order valence-electron chi connectivity index (χ2n) is 2.55. The van der Waals surface area contributed by atoms with Crippen LogP contribution in [0.25, 0.3) is 0 Å². The zero-order valence-electron chi connectivity index (χ0n) is 6.50. The molecule has 62 valence electrons. The van der Waals surface area contributed by atoms with Crippen LogP contribution in [-0.4, -0.2) is 10.4 Å². The molecular weight excluding hydrogens is 162 g/mol. The fraction of sp³-hybridized carbons (Fsp3) is 0.500. The topological polar surface area (TPSA) is 62.1 Å². The van der Waals surface area contributed by atoms with Gasteiger partial charge in [-0.05, 0) is 25.4 Å². The van der Waals surface area contributed by atoms with Gasteiger partial charge >= 0.3 is 0 Å². The third-order valence-electron chi connectivity index (χ3n) is 1.32. The summed E-state index contributed by atoms with van der Waals surface area (Å²) in [6.45, 7) is 3.92. The Kier molecular flexibility index (Phi) is 2.31. The number of anilines is 1. The molecule has 3 N–H and O–H groups in total. The Morgan fingerprint density at radius 2 is 2.36 bits per heavy atom. The molecule has 0 aliphatic carbocycles. The number of aromatic amines is 1. The van der Waals surface area contributed by atoms with Crippen LogP contribution in [-0.2, 0) is 0 Å².